The fourth-order valence-corrected chi connectivity index (χ4v) is 1.71. The molecule has 0 radical (unpaired) electrons. The first-order chi connectivity index (χ1) is 8.90. The molecule has 1 aromatic carbocycles. The topological polar surface area (TPSA) is 46.2 Å². The third-order valence-corrected chi connectivity index (χ3v) is 2.62. The van der Waals surface area contributed by atoms with E-state index in [2.05, 4.69) is 21.9 Å². The van der Waals surface area contributed by atoms with Crippen molar-refractivity contribution >= 4 is 5.69 Å². The van der Waals surface area contributed by atoms with Gasteiger partial charge in [-0.2, -0.15) is 0 Å². The van der Waals surface area contributed by atoms with E-state index in [1.807, 2.05) is 30.3 Å². The molecule has 0 saturated carbocycles. The van der Waals surface area contributed by atoms with E-state index in [9.17, 15) is 0 Å². The van der Waals surface area contributed by atoms with Crippen molar-refractivity contribution in [3.63, 3.8) is 0 Å². The van der Waals surface area contributed by atoms with Gasteiger partial charge in [-0.25, -0.2) is 5.43 Å². The molecule has 0 fully saturated rings. The molecule has 0 spiro atoms. The lowest BCUT2D eigenvalue weighted by atomic mass is 10.1. The molecule has 1 heterocycles. The van der Waals surface area contributed by atoms with E-state index in [-0.39, 0.29) is 0 Å². The number of pyridine rings is 1. The molecule has 0 saturated heterocycles. The van der Waals surface area contributed by atoms with E-state index in [0.717, 1.165) is 24.4 Å². The van der Waals surface area contributed by atoms with Gasteiger partial charge < -0.3 is 10.2 Å². The summed E-state index contributed by atoms with van der Waals surface area (Å²) in [6, 6.07) is 11.9. The van der Waals surface area contributed by atoms with Gasteiger partial charge in [0, 0.05) is 18.9 Å². The number of methoxy groups -OCH3 is 1. The summed E-state index contributed by atoms with van der Waals surface area (Å²) in [5, 5.41) is 0. The molecule has 0 aliphatic heterocycles. The maximum atomic E-state index is 5.30. The molecule has 2 rings (SSSR count). The van der Waals surface area contributed by atoms with Gasteiger partial charge in [-0.3, -0.25) is 4.98 Å². The molecule has 2 aromatic rings. The highest BCUT2D eigenvalue weighted by Crippen LogP contribution is 2.17. The molecule has 2 N–H and O–H groups in total. The monoisotopic (exact) mass is 243 g/mol. The van der Waals surface area contributed by atoms with Gasteiger partial charge in [0.05, 0.1) is 12.8 Å². The Morgan fingerprint density at radius 1 is 1.11 bits per heavy atom. The van der Waals surface area contributed by atoms with Crippen molar-refractivity contribution in [3.05, 3.63) is 54.4 Å². The lowest BCUT2D eigenvalue weighted by Crippen LogP contribution is -2.24. The minimum atomic E-state index is 0.822. The number of anilines is 1. The summed E-state index contributed by atoms with van der Waals surface area (Å²) < 4.78 is 5.30. The zero-order chi connectivity index (χ0) is 12.6. The molecular weight excluding hydrogens is 226 g/mol. The number of nitrogens with one attached hydrogen (secondary N) is 2. The number of para-hydroxylation sites is 1. The lowest BCUT2D eigenvalue weighted by Gasteiger charge is -2.10. The van der Waals surface area contributed by atoms with Crippen molar-refractivity contribution in [2.45, 2.75) is 6.42 Å². The van der Waals surface area contributed by atoms with Gasteiger partial charge >= 0.3 is 0 Å². The third kappa shape index (κ3) is 3.46. The fraction of sp³-hybridized carbons (Fsp3) is 0.214. The number of nitrogens with zero attached hydrogens (tertiary/aromatic N) is 1. The number of hydrogen-bond acceptors (Lipinski definition) is 4. The molecule has 4 nitrogen and oxygen atoms in total. The van der Waals surface area contributed by atoms with Crippen LogP contribution in [-0.2, 0) is 6.42 Å². The Balaban J connectivity index is 1.78. The second kappa shape index (κ2) is 6.61. The van der Waals surface area contributed by atoms with Crippen molar-refractivity contribution in [3.8, 4) is 5.75 Å². The molecule has 0 aliphatic rings. The summed E-state index contributed by atoms with van der Waals surface area (Å²) in [7, 11) is 1.70. The van der Waals surface area contributed by atoms with Crippen molar-refractivity contribution in [2.75, 3.05) is 19.1 Å². The average Bonchev–Trinajstić information content (AvgIpc) is 2.45. The maximum absolute atomic E-state index is 5.30. The molecule has 0 atom stereocenters. The summed E-state index contributed by atoms with van der Waals surface area (Å²) in [5.41, 5.74) is 8.49. The summed E-state index contributed by atoms with van der Waals surface area (Å²) >= 11 is 0. The molecular formula is C14H17N3O. The van der Waals surface area contributed by atoms with E-state index in [1.165, 1.54) is 5.56 Å². The van der Waals surface area contributed by atoms with Crippen LogP contribution in [-0.4, -0.2) is 18.6 Å². The molecule has 0 bridgehead atoms. The van der Waals surface area contributed by atoms with E-state index >= 15 is 0 Å². The number of hydrazine groups is 1. The normalized spacial score (nSPS) is 10.1. The minimum absolute atomic E-state index is 0.822. The molecule has 0 amide bonds. The van der Waals surface area contributed by atoms with Crippen molar-refractivity contribution in [2.24, 2.45) is 0 Å². The highest BCUT2D eigenvalue weighted by molar-refractivity contribution is 5.39. The van der Waals surface area contributed by atoms with E-state index in [0.29, 0.717) is 0 Å². The maximum Gasteiger partial charge on any atom is 0.122 e. The first-order valence-corrected chi connectivity index (χ1v) is 5.91. The van der Waals surface area contributed by atoms with Crippen LogP contribution in [0, 0.1) is 0 Å². The molecule has 94 valence electrons. The molecule has 1 aromatic heterocycles. The second-order valence-electron chi connectivity index (χ2n) is 3.85. The van der Waals surface area contributed by atoms with Crippen LogP contribution in [0.4, 0.5) is 5.69 Å². The zero-order valence-electron chi connectivity index (χ0n) is 10.4. The highest BCUT2D eigenvalue weighted by Gasteiger charge is 2.00. The van der Waals surface area contributed by atoms with Gasteiger partial charge in [0.25, 0.3) is 0 Å². The number of benzene rings is 1. The van der Waals surface area contributed by atoms with Crippen LogP contribution in [0.2, 0.25) is 0 Å². The average molecular weight is 243 g/mol. The molecule has 0 aliphatic carbocycles. The first-order valence-electron chi connectivity index (χ1n) is 5.91. The van der Waals surface area contributed by atoms with E-state index < -0.39 is 0 Å². The van der Waals surface area contributed by atoms with Gasteiger partial charge in [-0.15, -0.1) is 0 Å². The van der Waals surface area contributed by atoms with Crippen molar-refractivity contribution in [1.29, 1.82) is 0 Å². The van der Waals surface area contributed by atoms with E-state index in [1.54, 1.807) is 19.5 Å². The van der Waals surface area contributed by atoms with Gasteiger partial charge in [0.2, 0.25) is 0 Å². The molecule has 0 unspecified atom stereocenters. The van der Waals surface area contributed by atoms with Crippen molar-refractivity contribution in [1.82, 2.24) is 10.4 Å². The Morgan fingerprint density at radius 3 is 2.67 bits per heavy atom. The van der Waals surface area contributed by atoms with Gasteiger partial charge in [-0.1, -0.05) is 18.2 Å². The number of aromatic nitrogens is 1. The highest BCUT2D eigenvalue weighted by atomic mass is 16.5. The Bertz CT molecular complexity index is 473. The van der Waals surface area contributed by atoms with Crippen LogP contribution in [0.15, 0.2) is 48.8 Å². The Hall–Kier alpha value is -2.07. The van der Waals surface area contributed by atoms with Crippen LogP contribution in [0.5, 0.6) is 5.75 Å². The Morgan fingerprint density at radius 2 is 1.89 bits per heavy atom. The zero-order valence-corrected chi connectivity index (χ0v) is 10.4. The standard InChI is InChI=1S/C14H17N3O/c1-18-14-5-3-2-4-12(14)6-11-16-17-13-7-9-15-10-8-13/h2-5,7-10,16H,6,11H2,1H3,(H,15,17). The lowest BCUT2D eigenvalue weighted by molar-refractivity contribution is 0.409. The van der Waals surface area contributed by atoms with Crippen LogP contribution < -0.4 is 15.6 Å². The number of hydrogen-bond donors (Lipinski definition) is 2. The number of rotatable bonds is 6. The molecule has 4 heteroatoms. The van der Waals surface area contributed by atoms with Crippen LogP contribution in [0.25, 0.3) is 0 Å². The predicted octanol–water partition coefficient (Wildman–Crippen LogP) is 2.25. The second-order valence-corrected chi connectivity index (χ2v) is 3.85. The minimum Gasteiger partial charge on any atom is -0.496 e. The largest absolute Gasteiger partial charge is 0.496 e. The quantitative estimate of drug-likeness (QED) is 0.603. The van der Waals surface area contributed by atoms with Gasteiger partial charge in [0.15, 0.2) is 0 Å². The first kappa shape index (κ1) is 12.4. The van der Waals surface area contributed by atoms with Gasteiger partial charge in [0.1, 0.15) is 5.75 Å². The van der Waals surface area contributed by atoms with E-state index in [4.69, 9.17) is 4.74 Å². The SMILES string of the molecule is COc1ccccc1CCNNc1ccncc1. The van der Waals surface area contributed by atoms with Crippen molar-refractivity contribution < 1.29 is 4.74 Å². The third-order valence-electron chi connectivity index (χ3n) is 2.62. The fourth-order valence-electron chi connectivity index (χ4n) is 1.71. The van der Waals surface area contributed by atoms with Crippen LogP contribution in [0.1, 0.15) is 5.56 Å². The van der Waals surface area contributed by atoms with Gasteiger partial charge in [-0.05, 0) is 30.2 Å². The summed E-state index contributed by atoms with van der Waals surface area (Å²) in [6.07, 6.45) is 4.41. The predicted molar refractivity (Wildman–Crippen MR) is 72.6 cm³/mol. The van der Waals surface area contributed by atoms with Crippen LogP contribution in [0.3, 0.4) is 0 Å². The smallest absolute Gasteiger partial charge is 0.122 e. The summed E-state index contributed by atoms with van der Waals surface area (Å²) in [6.45, 7) is 0.822. The molecule has 18 heavy (non-hydrogen) atoms. The number of ether oxygens (including phenoxy) is 1. The van der Waals surface area contributed by atoms with Crippen LogP contribution >= 0.6 is 0 Å². The summed E-state index contributed by atoms with van der Waals surface area (Å²) in [5.74, 6) is 0.934. The summed E-state index contributed by atoms with van der Waals surface area (Å²) in [4.78, 5) is 3.96. The Kier molecular flexibility index (Phi) is 4.55. The Labute approximate surface area is 107 Å².